The monoisotopic (exact) mass is 395 g/mol. The molecule has 0 amide bonds. The van der Waals surface area contributed by atoms with Gasteiger partial charge in [-0.2, -0.15) is 0 Å². The van der Waals surface area contributed by atoms with Gasteiger partial charge in [-0.25, -0.2) is 9.37 Å². The lowest BCUT2D eigenvalue weighted by atomic mass is 9.75. The zero-order valence-corrected chi connectivity index (χ0v) is 16.6. The van der Waals surface area contributed by atoms with E-state index in [9.17, 15) is 14.3 Å². The van der Waals surface area contributed by atoms with Gasteiger partial charge >= 0.3 is 5.97 Å². The number of benzene rings is 2. The standard InChI is InChI=1S/C23H22FNO2S/c1-13-17(3-2-4-18(13)24)23(22(26)27)10-9-16(12-23)15-7-8-19-20(11-15)28-21(25-19)14-5-6-14/h2-4,7-8,11,14,16H,5-6,9-10,12H2,1H3,(H,26,27)/t16?,23-/m0/s1. The smallest absolute Gasteiger partial charge is 0.314 e. The first kappa shape index (κ1) is 17.8. The van der Waals surface area contributed by atoms with Crippen LogP contribution in [0.5, 0.6) is 0 Å². The molecule has 3 aromatic rings. The minimum atomic E-state index is -1.02. The molecule has 2 aromatic carbocycles. The van der Waals surface area contributed by atoms with Crippen molar-refractivity contribution >= 4 is 27.5 Å². The van der Waals surface area contributed by atoms with E-state index in [0.717, 1.165) is 11.9 Å². The fraction of sp³-hybridized carbons (Fsp3) is 0.391. The molecule has 5 rings (SSSR count). The number of nitrogens with zero attached hydrogens (tertiary/aromatic N) is 1. The minimum absolute atomic E-state index is 0.162. The highest BCUT2D eigenvalue weighted by molar-refractivity contribution is 7.18. The second-order valence-corrected chi connectivity index (χ2v) is 9.36. The normalized spacial score (nSPS) is 24.7. The quantitative estimate of drug-likeness (QED) is 0.597. The molecular weight excluding hydrogens is 373 g/mol. The maximum Gasteiger partial charge on any atom is 0.314 e. The van der Waals surface area contributed by atoms with Gasteiger partial charge in [0.2, 0.25) is 0 Å². The van der Waals surface area contributed by atoms with Gasteiger partial charge in [0.25, 0.3) is 0 Å². The third kappa shape index (κ3) is 2.75. The molecule has 2 saturated carbocycles. The Kier molecular flexibility index (Phi) is 4.05. The highest BCUT2D eigenvalue weighted by Gasteiger charge is 2.48. The number of hydrogen-bond acceptors (Lipinski definition) is 3. The molecule has 1 unspecified atom stereocenters. The molecule has 28 heavy (non-hydrogen) atoms. The van der Waals surface area contributed by atoms with Crippen LogP contribution in [-0.4, -0.2) is 16.1 Å². The Hall–Kier alpha value is -2.27. The Morgan fingerprint density at radius 2 is 2.04 bits per heavy atom. The SMILES string of the molecule is Cc1c(F)cccc1[C@]1(C(=O)O)CCC(c2ccc3nc(C4CC4)sc3c2)C1. The van der Waals surface area contributed by atoms with Crippen molar-refractivity contribution in [3.05, 3.63) is 63.9 Å². The molecule has 5 heteroatoms. The molecular formula is C23H22FNO2S. The van der Waals surface area contributed by atoms with Gasteiger partial charge < -0.3 is 5.11 Å². The van der Waals surface area contributed by atoms with Crippen LogP contribution in [0.25, 0.3) is 10.2 Å². The number of carbonyl (C=O) groups is 1. The number of carboxylic acid groups (broad SMARTS) is 1. The number of rotatable bonds is 4. The Bertz CT molecular complexity index is 1090. The average Bonchev–Trinajstić information content (AvgIpc) is 3.28. The Labute approximate surface area is 167 Å². The van der Waals surface area contributed by atoms with Gasteiger partial charge in [-0.15, -0.1) is 11.3 Å². The second kappa shape index (κ2) is 6.38. The maximum atomic E-state index is 14.1. The van der Waals surface area contributed by atoms with Crippen LogP contribution in [0.4, 0.5) is 4.39 Å². The van der Waals surface area contributed by atoms with E-state index in [1.165, 1.54) is 34.2 Å². The molecule has 0 spiro atoms. The van der Waals surface area contributed by atoms with Crippen molar-refractivity contribution in [2.75, 3.05) is 0 Å². The summed E-state index contributed by atoms with van der Waals surface area (Å²) in [4.78, 5) is 17.1. The van der Waals surface area contributed by atoms with Crippen LogP contribution < -0.4 is 0 Å². The van der Waals surface area contributed by atoms with Crippen LogP contribution in [0.2, 0.25) is 0 Å². The van der Waals surface area contributed by atoms with Gasteiger partial charge in [-0.05, 0) is 79.8 Å². The van der Waals surface area contributed by atoms with E-state index in [-0.39, 0.29) is 11.7 Å². The molecule has 0 aliphatic heterocycles. The first-order valence-corrected chi connectivity index (χ1v) is 10.7. The number of aliphatic carboxylic acids is 1. The summed E-state index contributed by atoms with van der Waals surface area (Å²) in [6.07, 6.45) is 4.31. The number of aromatic nitrogens is 1. The van der Waals surface area contributed by atoms with E-state index in [2.05, 4.69) is 18.2 Å². The minimum Gasteiger partial charge on any atom is -0.481 e. The lowest BCUT2D eigenvalue weighted by Crippen LogP contribution is -2.34. The highest BCUT2D eigenvalue weighted by atomic mass is 32.1. The first-order chi connectivity index (χ1) is 13.5. The van der Waals surface area contributed by atoms with Crippen molar-refractivity contribution in [3.8, 4) is 0 Å². The summed E-state index contributed by atoms with van der Waals surface area (Å²) in [5.74, 6) is -0.378. The molecule has 1 heterocycles. The van der Waals surface area contributed by atoms with E-state index in [1.807, 2.05) is 0 Å². The van der Waals surface area contributed by atoms with E-state index >= 15 is 0 Å². The summed E-state index contributed by atoms with van der Waals surface area (Å²) in [5.41, 5.74) is 2.28. The summed E-state index contributed by atoms with van der Waals surface area (Å²) in [5, 5.41) is 11.3. The van der Waals surface area contributed by atoms with Gasteiger partial charge in [0, 0.05) is 5.92 Å². The summed E-state index contributed by atoms with van der Waals surface area (Å²) in [6, 6.07) is 11.2. The number of fused-ring (bicyclic) bond motifs is 1. The van der Waals surface area contributed by atoms with Crippen molar-refractivity contribution in [3.63, 3.8) is 0 Å². The Morgan fingerprint density at radius 3 is 2.79 bits per heavy atom. The van der Waals surface area contributed by atoms with E-state index < -0.39 is 11.4 Å². The number of thiazole rings is 1. The summed E-state index contributed by atoms with van der Waals surface area (Å²) < 4.78 is 15.3. The molecule has 1 N–H and O–H groups in total. The first-order valence-electron chi connectivity index (χ1n) is 9.87. The van der Waals surface area contributed by atoms with Gasteiger partial charge in [-0.1, -0.05) is 18.2 Å². The molecule has 0 radical (unpaired) electrons. The molecule has 0 saturated heterocycles. The van der Waals surface area contributed by atoms with Crippen LogP contribution in [0.15, 0.2) is 36.4 Å². The molecule has 2 aliphatic rings. The summed E-state index contributed by atoms with van der Waals surface area (Å²) in [7, 11) is 0. The predicted octanol–water partition coefficient (Wildman–Crippen LogP) is 5.91. The zero-order valence-electron chi connectivity index (χ0n) is 15.7. The van der Waals surface area contributed by atoms with Crippen molar-refractivity contribution in [2.24, 2.45) is 0 Å². The second-order valence-electron chi connectivity index (χ2n) is 8.29. The van der Waals surface area contributed by atoms with E-state index in [4.69, 9.17) is 4.98 Å². The Morgan fingerprint density at radius 1 is 1.21 bits per heavy atom. The van der Waals surface area contributed by atoms with E-state index in [0.29, 0.717) is 29.9 Å². The van der Waals surface area contributed by atoms with Crippen molar-refractivity contribution in [1.82, 2.24) is 4.98 Å². The molecule has 2 atom stereocenters. The van der Waals surface area contributed by atoms with E-state index in [1.54, 1.807) is 30.4 Å². The lowest BCUT2D eigenvalue weighted by Gasteiger charge is -2.27. The van der Waals surface area contributed by atoms with Crippen LogP contribution in [0.1, 0.15) is 65.6 Å². The number of halogens is 1. The topological polar surface area (TPSA) is 50.2 Å². The number of carboxylic acids is 1. The third-order valence-electron chi connectivity index (χ3n) is 6.53. The largest absolute Gasteiger partial charge is 0.481 e. The third-order valence-corrected chi connectivity index (χ3v) is 7.71. The molecule has 3 nitrogen and oxygen atoms in total. The van der Waals surface area contributed by atoms with Crippen molar-refractivity contribution in [1.29, 1.82) is 0 Å². The Balaban J connectivity index is 1.50. The van der Waals surface area contributed by atoms with Crippen LogP contribution >= 0.6 is 11.3 Å². The van der Waals surface area contributed by atoms with Crippen LogP contribution in [-0.2, 0) is 10.2 Å². The predicted molar refractivity (Wildman–Crippen MR) is 109 cm³/mol. The number of hydrogen-bond donors (Lipinski definition) is 1. The fourth-order valence-corrected chi connectivity index (χ4v) is 5.91. The zero-order chi connectivity index (χ0) is 19.5. The van der Waals surface area contributed by atoms with Crippen LogP contribution in [0, 0.1) is 12.7 Å². The van der Waals surface area contributed by atoms with Gasteiger partial charge in [-0.3, -0.25) is 4.79 Å². The van der Waals surface area contributed by atoms with Gasteiger partial charge in [0.1, 0.15) is 5.82 Å². The molecule has 2 fully saturated rings. The lowest BCUT2D eigenvalue weighted by molar-refractivity contribution is -0.143. The van der Waals surface area contributed by atoms with Crippen LogP contribution in [0.3, 0.4) is 0 Å². The van der Waals surface area contributed by atoms with Gasteiger partial charge in [0.05, 0.1) is 20.6 Å². The summed E-state index contributed by atoms with van der Waals surface area (Å²) in [6.45, 7) is 1.69. The van der Waals surface area contributed by atoms with Crippen molar-refractivity contribution in [2.45, 2.75) is 56.3 Å². The average molecular weight is 395 g/mol. The maximum absolute atomic E-state index is 14.1. The highest BCUT2D eigenvalue weighted by Crippen LogP contribution is 2.50. The van der Waals surface area contributed by atoms with Crippen molar-refractivity contribution < 1.29 is 14.3 Å². The summed E-state index contributed by atoms with van der Waals surface area (Å²) >= 11 is 1.77. The molecule has 0 bridgehead atoms. The molecule has 144 valence electrons. The molecule has 2 aliphatic carbocycles. The van der Waals surface area contributed by atoms with Gasteiger partial charge in [0.15, 0.2) is 0 Å². The molecule has 1 aromatic heterocycles. The fourth-order valence-electron chi connectivity index (χ4n) is 4.73.